The molecule has 0 atom stereocenters. The van der Waals surface area contributed by atoms with Gasteiger partial charge < -0.3 is 14.2 Å². The molecule has 0 radical (unpaired) electrons. The van der Waals surface area contributed by atoms with E-state index in [1.165, 1.54) is 4.57 Å². The minimum atomic E-state index is -0.288. The van der Waals surface area contributed by atoms with Crippen molar-refractivity contribution in [1.82, 2.24) is 9.13 Å². The van der Waals surface area contributed by atoms with E-state index in [-0.39, 0.29) is 23.8 Å². The highest BCUT2D eigenvalue weighted by Gasteiger charge is 2.22. The summed E-state index contributed by atoms with van der Waals surface area (Å²) in [6, 6.07) is 11.3. The number of nitrogens with zero attached hydrogens (tertiary/aromatic N) is 2. The van der Waals surface area contributed by atoms with Gasteiger partial charge in [0.25, 0.3) is 5.56 Å². The van der Waals surface area contributed by atoms with Gasteiger partial charge in [0, 0.05) is 19.3 Å². The van der Waals surface area contributed by atoms with Crippen LogP contribution in [0.25, 0.3) is 10.9 Å². The first-order chi connectivity index (χ1) is 15.1. The zero-order chi connectivity index (χ0) is 22.0. The Balaban J connectivity index is 1.90. The Morgan fingerprint density at radius 1 is 0.968 bits per heavy atom. The highest BCUT2D eigenvalue weighted by molar-refractivity contribution is 5.79. The molecule has 2 heterocycles. The molecule has 7 nitrogen and oxygen atoms in total. The molecule has 0 unspecified atom stereocenters. The summed E-state index contributed by atoms with van der Waals surface area (Å²) in [5.41, 5.74) is 2.00. The van der Waals surface area contributed by atoms with Crippen LogP contribution in [0.4, 0.5) is 0 Å². The first-order valence-electron chi connectivity index (χ1n) is 10.6. The maximum Gasteiger partial charge on any atom is 0.332 e. The largest absolute Gasteiger partial charge is 0.493 e. The lowest BCUT2D eigenvalue weighted by Crippen LogP contribution is -2.42. The maximum absolute atomic E-state index is 13.6. The molecule has 1 aliphatic rings. The molecule has 1 saturated heterocycles. The summed E-state index contributed by atoms with van der Waals surface area (Å²) in [5, 5.41) is 0.575. The van der Waals surface area contributed by atoms with Crippen LogP contribution in [0.5, 0.6) is 11.5 Å². The van der Waals surface area contributed by atoms with E-state index >= 15 is 0 Å². The number of ether oxygens (including phenoxy) is 3. The van der Waals surface area contributed by atoms with Crippen molar-refractivity contribution in [2.75, 3.05) is 27.4 Å². The van der Waals surface area contributed by atoms with E-state index < -0.39 is 0 Å². The third-order valence-corrected chi connectivity index (χ3v) is 5.99. The first-order valence-corrected chi connectivity index (χ1v) is 10.6. The molecule has 1 aromatic heterocycles. The van der Waals surface area contributed by atoms with E-state index in [1.807, 2.05) is 24.3 Å². The number of methoxy groups -OCH3 is 2. The molecule has 1 fully saturated rings. The van der Waals surface area contributed by atoms with E-state index in [1.54, 1.807) is 30.9 Å². The Kier molecular flexibility index (Phi) is 6.13. The van der Waals surface area contributed by atoms with Crippen LogP contribution in [0.2, 0.25) is 0 Å². The summed E-state index contributed by atoms with van der Waals surface area (Å²) >= 11 is 0. The van der Waals surface area contributed by atoms with Crippen LogP contribution in [-0.2, 0) is 17.7 Å². The molecule has 4 rings (SSSR count). The zero-order valence-electron chi connectivity index (χ0n) is 18.2. The van der Waals surface area contributed by atoms with Crippen molar-refractivity contribution in [3.05, 3.63) is 68.4 Å². The molecule has 31 heavy (non-hydrogen) atoms. The molecule has 0 amide bonds. The zero-order valence-corrected chi connectivity index (χ0v) is 18.2. The van der Waals surface area contributed by atoms with Crippen molar-refractivity contribution in [2.24, 2.45) is 0 Å². The second kappa shape index (κ2) is 8.98. The lowest BCUT2D eigenvalue weighted by molar-refractivity contribution is 0.0691. The van der Waals surface area contributed by atoms with Crippen molar-refractivity contribution in [2.45, 2.75) is 38.8 Å². The van der Waals surface area contributed by atoms with Crippen LogP contribution in [0.15, 0.2) is 46.0 Å². The molecular formula is C24H28N2O5. The van der Waals surface area contributed by atoms with Gasteiger partial charge in [0.15, 0.2) is 11.5 Å². The van der Waals surface area contributed by atoms with Crippen LogP contribution in [0.1, 0.15) is 36.9 Å². The van der Waals surface area contributed by atoms with Gasteiger partial charge in [-0.1, -0.05) is 19.1 Å². The summed E-state index contributed by atoms with van der Waals surface area (Å²) < 4.78 is 19.3. The van der Waals surface area contributed by atoms with Crippen LogP contribution < -0.4 is 20.7 Å². The molecule has 164 valence electrons. The van der Waals surface area contributed by atoms with E-state index in [4.69, 9.17) is 14.2 Å². The average Bonchev–Trinajstić information content (AvgIpc) is 2.82. The third kappa shape index (κ3) is 3.97. The molecule has 0 aliphatic carbocycles. The Labute approximate surface area is 180 Å². The van der Waals surface area contributed by atoms with Crippen molar-refractivity contribution in [1.29, 1.82) is 0 Å². The minimum Gasteiger partial charge on any atom is -0.493 e. The Morgan fingerprint density at radius 3 is 2.35 bits per heavy atom. The van der Waals surface area contributed by atoms with Crippen molar-refractivity contribution >= 4 is 10.9 Å². The quantitative estimate of drug-likeness (QED) is 0.608. The van der Waals surface area contributed by atoms with Gasteiger partial charge in [-0.25, -0.2) is 4.79 Å². The second-order valence-corrected chi connectivity index (χ2v) is 7.78. The molecule has 0 N–H and O–H groups in total. The average molecular weight is 424 g/mol. The minimum absolute atomic E-state index is 0.00785. The smallest absolute Gasteiger partial charge is 0.332 e. The number of hydrogen-bond acceptors (Lipinski definition) is 5. The highest BCUT2D eigenvalue weighted by Crippen LogP contribution is 2.28. The van der Waals surface area contributed by atoms with E-state index in [0.717, 1.165) is 30.4 Å². The number of rotatable bonds is 6. The number of hydrogen-bond donors (Lipinski definition) is 0. The summed E-state index contributed by atoms with van der Waals surface area (Å²) in [6.07, 6.45) is 2.32. The lowest BCUT2D eigenvalue weighted by atomic mass is 10.1. The van der Waals surface area contributed by atoms with Gasteiger partial charge in [-0.15, -0.1) is 0 Å². The van der Waals surface area contributed by atoms with Crippen LogP contribution in [0, 0.1) is 0 Å². The molecule has 0 saturated carbocycles. The highest BCUT2D eigenvalue weighted by atomic mass is 16.5. The fourth-order valence-electron chi connectivity index (χ4n) is 4.25. The van der Waals surface area contributed by atoms with Crippen LogP contribution >= 0.6 is 0 Å². The Morgan fingerprint density at radius 2 is 1.68 bits per heavy atom. The topological polar surface area (TPSA) is 71.7 Å². The van der Waals surface area contributed by atoms with Crippen molar-refractivity contribution < 1.29 is 14.2 Å². The van der Waals surface area contributed by atoms with Gasteiger partial charge in [-0.2, -0.15) is 0 Å². The number of benzene rings is 2. The van der Waals surface area contributed by atoms with Crippen LogP contribution in [-0.4, -0.2) is 36.6 Å². The third-order valence-electron chi connectivity index (χ3n) is 5.99. The summed E-state index contributed by atoms with van der Waals surface area (Å²) in [4.78, 5) is 27.0. The predicted octanol–water partition coefficient (Wildman–Crippen LogP) is 3.14. The summed E-state index contributed by atoms with van der Waals surface area (Å²) in [5.74, 6) is 1.16. The SMILES string of the molecule is CCc1ccc2c(c1)c(=O)n(Cc1ccc(OC)c(OC)c1)c(=O)n2C1CCOCC1. The molecule has 1 aliphatic heterocycles. The standard InChI is InChI=1S/C24H28N2O5/c1-4-16-5-7-20-19(13-16)23(27)25(24(28)26(20)18-9-11-31-12-10-18)15-17-6-8-21(29-2)22(14-17)30-3/h5-8,13-14,18H,4,9-12,15H2,1-3H3. The summed E-state index contributed by atoms with van der Waals surface area (Å²) in [6.45, 7) is 3.44. The van der Waals surface area contributed by atoms with E-state index in [0.29, 0.717) is 35.6 Å². The van der Waals surface area contributed by atoms with Crippen LogP contribution in [0.3, 0.4) is 0 Å². The number of aryl methyl sites for hydroxylation is 1. The fraction of sp³-hybridized carbons (Fsp3) is 0.417. The summed E-state index contributed by atoms with van der Waals surface area (Å²) in [7, 11) is 3.14. The van der Waals surface area contributed by atoms with Crippen molar-refractivity contribution in [3.63, 3.8) is 0 Å². The number of fused-ring (bicyclic) bond motifs is 1. The second-order valence-electron chi connectivity index (χ2n) is 7.78. The Bertz CT molecular complexity index is 1210. The fourth-order valence-corrected chi connectivity index (χ4v) is 4.25. The van der Waals surface area contributed by atoms with Gasteiger partial charge in [-0.3, -0.25) is 13.9 Å². The molecule has 0 spiro atoms. The number of aromatic nitrogens is 2. The van der Waals surface area contributed by atoms with E-state index in [9.17, 15) is 9.59 Å². The molecule has 3 aromatic rings. The van der Waals surface area contributed by atoms with E-state index in [2.05, 4.69) is 6.92 Å². The lowest BCUT2D eigenvalue weighted by Gasteiger charge is -2.26. The predicted molar refractivity (Wildman–Crippen MR) is 120 cm³/mol. The van der Waals surface area contributed by atoms with Gasteiger partial charge in [0.05, 0.1) is 31.7 Å². The van der Waals surface area contributed by atoms with Gasteiger partial charge in [0.2, 0.25) is 0 Å². The molecule has 7 heteroatoms. The van der Waals surface area contributed by atoms with Gasteiger partial charge in [0.1, 0.15) is 0 Å². The maximum atomic E-state index is 13.6. The Hall–Kier alpha value is -3.06. The molecule has 2 aromatic carbocycles. The first kappa shape index (κ1) is 21.2. The van der Waals surface area contributed by atoms with Gasteiger partial charge in [-0.05, 0) is 54.7 Å². The monoisotopic (exact) mass is 424 g/mol. The van der Waals surface area contributed by atoms with Crippen molar-refractivity contribution in [3.8, 4) is 11.5 Å². The molecule has 0 bridgehead atoms. The van der Waals surface area contributed by atoms with Gasteiger partial charge >= 0.3 is 5.69 Å². The normalized spacial score (nSPS) is 14.7. The molecular weight excluding hydrogens is 396 g/mol.